The summed E-state index contributed by atoms with van der Waals surface area (Å²) in [6.07, 6.45) is 4.65. The van der Waals surface area contributed by atoms with E-state index < -0.39 is 0 Å². The van der Waals surface area contributed by atoms with Crippen LogP contribution in [0.1, 0.15) is 38.4 Å². The Labute approximate surface area is 136 Å². The van der Waals surface area contributed by atoms with E-state index >= 15 is 0 Å². The molecule has 2 aromatic heterocycles. The molecule has 0 aliphatic heterocycles. The Morgan fingerprint density at radius 2 is 2.00 bits per heavy atom. The van der Waals surface area contributed by atoms with Crippen LogP contribution in [0.3, 0.4) is 0 Å². The lowest BCUT2D eigenvalue weighted by molar-refractivity contribution is 0.485. The molecule has 5 heteroatoms. The Kier molecular flexibility index (Phi) is 4.46. The molecule has 0 bridgehead atoms. The fourth-order valence-electron chi connectivity index (χ4n) is 2.53. The Hall–Kier alpha value is -2.56. The molecule has 0 aliphatic rings. The summed E-state index contributed by atoms with van der Waals surface area (Å²) < 4.78 is 7.94. The summed E-state index contributed by atoms with van der Waals surface area (Å²) in [7, 11) is 0. The minimum atomic E-state index is -0.0210. The second-order valence-corrected chi connectivity index (χ2v) is 5.50. The van der Waals surface area contributed by atoms with E-state index in [1.54, 1.807) is 0 Å². The molecule has 0 radical (unpaired) electrons. The van der Waals surface area contributed by atoms with Gasteiger partial charge in [0.2, 0.25) is 5.89 Å². The van der Waals surface area contributed by atoms with Gasteiger partial charge in [0, 0.05) is 18.3 Å². The third kappa shape index (κ3) is 3.28. The summed E-state index contributed by atoms with van der Waals surface area (Å²) in [5.74, 6) is 1.56. The van der Waals surface area contributed by atoms with Crippen molar-refractivity contribution in [2.75, 3.05) is 5.32 Å². The molecule has 0 saturated heterocycles. The van der Waals surface area contributed by atoms with Crippen molar-refractivity contribution in [1.29, 1.82) is 0 Å². The van der Waals surface area contributed by atoms with E-state index in [0.29, 0.717) is 5.89 Å². The van der Waals surface area contributed by atoms with E-state index in [9.17, 15) is 0 Å². The molecule has 23 heavy (non-hydrogen) atoms. The highest BCUT2D eigenvalue weighted by Gasteiger charge is 2.18. The predicted molar refractivity (Wildman–Crippen MR) is 91.3 cm³/mol. The number of oxazole rings is 1. The first-order chi connectivity index (χ1) is 11.2. The normalized spacial score (nSPS) is 12.3. The SMILES string of the molecule is CCc1nc([C@H](C)Nc2cnn(CC)c2)oc1-c1ccccc1. The minimum Gasteiger partial charge on any atom is -0.438 e. The van der Waals surface area contributed by atoms with Gasteiger partial charge in [-0.2, -0.15) is 5.10 Å². The molecule has 0 saturated carbocycles. The summed E-state index contributed by atoms with van der Waals surface area (Å²) in [4.78, 5) is 4.67. The van der Waals surface area contributed by atoms with Gasteiger partial charge in [0.25, 0.3) is 0 Å². The molecule has 3 rings (SSSR count). The van der Waals surface area contributed by atoms with Crippen LogP contribution in [-0.4, -0.2) is 14.8 Å². The van der Waals surface area contributed by atoms with Crippen LogP contribution in [0.2, 0.25) is 0 Å². The second-order valence-electron chi connectivity index (χ2n) is 5.50. The van der Waals surface area contributed by atoms with Crippen molar-refractivity contribution in [3.05, 3.63) is 54.3 Å². The molecule has 1 aromatic carbocycles. The van der Waals surface area contributed by atoms with E-state index in [2.05, 4.69) is 29.2 Å². The van der Waals surface area contributed by atoms with E-state index in [0.717, 1.165) is 35.7 Å². The number of anilines is 1. The molecular formula is C18H22N4O. The average Bonchev–Trinajstić information content (AvgIpc) is 3.22. The number of aryl methyl sites for hydroxylation is 2. The number of rotatable bonds is 6. The van der Waals surface area contributed by atoms with Crippen LogP contribution in [0.4, 0.5) is 5.69 Å². The van der Waals surface area contributed by atoms with Crippen molar-refractivity contribution in [2.24, 2.45) is 0 Å². The van der Waals surface area contributed by atoms with E-state index in [1.807, 2.05) is 54.3 Å². The minimum absolute atomic E-state index is 0.0210. The van der Waals surface area contributed by atoms with Gasteiger partial charge in [0.15, 0.2) is 5.76 Å². The highest BCUT2D eigenvalue weighted by atomic mass is 16.4. The first kappa shape index (κ1) is 15.3. The van der Waals surface area contributed by atoms with Crippen LogP contribution in [0.15, 0.2) is 47.1 Å². The number of hydrogen-bond acceptors (Lipinski definition) is 4. The quantitative estimate of drug-likeness (QED) is 0.737. The molecule has 3 aromatic rings. The molecule has 2 heterocycles. The third-order valence-corrected chi connectivity index (χ3v) is 3.80. The number of benzene rings is 1. The molecule has 5 nitrogen and oxygen atoms in total. The Bertz CT molecular complexity index is 760. The highest BCUT2D eigenvalue weighted by Crippen LogP contribution is 2.28. The van der Waals surface area contributed by atoms with E-state index in [1.165, 1.54) is 0 Å². The van der Waals surface area contributed by atoms with Gasteiger partial charge in [-0.25, -0.2) is 4.98 Å². The van der Waals surface area contributed by atoms with Gasteiger partial charge in [0.1, 0.15) is 6.04 Å². The summed E-state index contributed by atoms with van der Waals surface area (Å²) in [6, 6.07) is 10.1. The van der Waals surface area contributed by atoms with Crippen LogP contribution in [0.25, 0.3) is 11.3 Å². The summed E-state index contributed by atoms with van der Waals surface area (Å²) in [6.45, 7) is 7.06. The fourth-order valence-corrected chi connectivity index (χ4v) is 2.53. The van der Waals surface area contributed by atoms with Gasteiger partial charge in [-0.05, 0) is 20.3 Å². The van der Waals surface area contributed by atoms with Crippen LogP contribution in [0, 0.1) is 0 Å². The largest absolute Gasteiger partial charge is 0.438 e. The highest BCUT2D eigenvalue weighted by molar-refractivity contribution is 5.59. The van der Waals surface area contributed by atoms with Gasteiger partial charge in [-0.15, -0.1) is 0 Å². The van der Waals surface area contributed by atoms with Gasteiger partial charge < -0.3 is 9.73 Å². The van der Waals surface area contributed by atoms with Crippen molar-refractivity contribution in [3.8, 4) is 11.3 Å². The smallest absolute Gasteiger partial charge is 0.217 e. The van der Waals surface area contributed by atoms with Gasteiger partial charge >= 0.3 is 0 Å². The molecular weight excluding hydrogens is 288 g/mol. The summed E-state index contributed by atoms with van der Waals surface area (Å²) in [5.41, 5.74) is 3.02. The molecule has 0 fully saturated rings. The maximum absolute atomic E-state index is 6.06. The van der Waals surface area contributed by atoms with E-state index in [-0.39, 0.29) is 6.04 Å². The van der Waals surface area contributed by atoms with Gasteiger partial charge in [-0.1, -0.05) is 37.3 Å². The topological polar surface area (TPSA) is 55.9 Å². The zero-order valence-corrected chi connectivity index (χ0v) is 13.8. The lowest BCUT2D eigenvalue weighted by Gasteiger charge is -2.09. The van der Waals surface area contributed by atoms with Crippen LogP contribution in [0.5, 0.6) is 0 Å². The van der Waals surface area contributed by atoms with Crippen molar-refractivity contribution in [3.63, 3.8) is 0 Å². The fraction of sp³-hybridized carbons (Fsp3) is 0.333. The van der Waals surface area contributed by atoms with Crippen molar-refractivity contribution >= 4 is 5.69 Å². The van der Waals surface area contributed by atoms with Crippen LogP contribution in [-0.2, 0) is 13.0 Å². The molecule has 1 N–H and O–H groups in total. The zero-order valence-electron chi connectivity index (χ0n) is 13.8. The Balaban J connectivity index is 1.83. The van der Waals surface area contributed by atoms with Crippen LogP contribution < -0.4 is 5.32 Å². The molecule has 120 valence electrons. The number of nitrogens with one attached hydrogen (secondary N) is 1. The van der Waals surface area contributed by atoms with Crippen molar-refractivity contribution in [1.82, 2.24) is 14.8 Å². The second kappa shape index (κ2) is 6.69. The first-order valence-electron chi connectivity index (χ1n) is 8.05. The molecule has 0 unspecified atom stereocenters. The summed E-state index contributed by atoms with van der Waals surface area (Å²) in [5, 5.41) is 7.66. The van der Waals surface area contributed by atoms with Gasteiger partial charge in [-0.3, -0.25) is 4.68 Å². The maximum Gasteiger partial charge on any atom is 0.217 e. The Morgan fingerprint density at radius 3 is 2.65 bits per heavy atom. The number of nitrogens with zero attached hydrogens (tertiary/aromatic N) is 3. The Morgan fingerprint density at radius 1 is 1.22 bits per heavy atom. The molecule has 0 amide bonds. The lowest BCUT2D eigenvalue weighted by Crippen LogP contribution is -2.06. The lowest BCUT2D eigenvalue weighted by atomic mass is 10.1. The molecule has 1 atom stereocenters. The van der Waals surface area contributed by atoms with Crippen molar-refractivity contribution < 1.29 is 4.42 Å². The predicted octanol–water partition coefficient (Wildman–Crippen LogP) is 4.29. The van der Waals surface area contributed by atoms with Gasteiger partial charge in [0.05, 0.1) is 17.6 Å². The standard InChI is InChI=1S/C18H22N4O/c1-4-16-17(14-9-7-6-8-10-14)23-18(21-16)13(3)20-15-11-19-22(5-2)12-15/h6-13,20H,4-5H2,1-3H3/t13-/m0/s1. The molecule has 0 spiro atoms. The monoisotopic (exact) mass is 310 g/mol. The van der Waals surface area contributed by atoms with Crippen molar-refractivity contribution in [2.45, 2.75) is 39.8 Å². The number of aromatic nitrogens is 3. The average molecular weight is 310 g/mol. The van der Waals surface area contributed by atoms with E-state index in [4.69, 9.17) is 4.42 Å². The third-order valence-electron chi connectivity index (χ3n) is 3.80. The molecule has 0 aliphatic carbocycles. The summed E-state index contributed by atoms with van der Waals surface area (Å²) >= 11 is 0. The first-order valence-corrected chi connectivity index (χ1v) is 8.05. The number of hydrogen-bond donors (Lipinski definition) is 1. The van der Waals surface area contributed by atoms with Crippen LogP contribution >= 0.6 is 0 Å². The zero-order chi connectivity index (χ0) is 16.2. The maximum atomic E-state index is 6.06.